The standard InChI is InChI=1S/C14H26N2O/c1-3-9-15-11-13(2)12-16-10-7-5-4-6-8-14(16)17/h15H,2-12H2,1H3. The van der Waals surface area contributed by atoms with Crippen LogP contribution in [0.2, 0.25) is 0 Å². The second-order valence-corrected chi connectivity index (χ2v) is 4.91. The fourth-order valence-electron chi connectivity index (χ4n) is 2.15. The van der Waals surface area contributed by atoms with Crippen LogP contribution in [0.5, 0.6) is 0 Å². The van der Waals surface area contributed by atoms with Crippen LogP contribution in [0.1, 0.15) is 45.4 Å². The van der Waals surface area contributed by atoms with Crippen LogP contribution in [0.3, 0.4) is 0 Å². The number of rotatable bonds is 6. The molecule has 1 fully saturated rings. The van der Waals surface area contributed by atoms with Crippen LogP contribution in [-0.4, -0.2) is 37.0 Å². The van der Waals surface area contributed by atoms with Gasteiger partial charge in [0.15, 0.2) is 0 Å². The van der Waals surface area contributed by atoms with Crippen molar-refractivity contribution < 1.29 is 4.79 Å². The lowest BCUT2D eigenvalue weighted by Gasteiger charge is -2.25. The number of nitrogens with zero attached hydrogens (tertiary/aromatic N) is 1. The molecule has 0 aromatic rings. The van der Waals surface area contributed by atoms with Gasteiger partial charge in [0.2, 0.25) is 5.91 Å². The SMILES string of the molecule is C=C(CNCCC)CN1CCCCCCC1=O. The van der Waals surface area contributed by atoms with E-state index in [9.17, 15) is 4.79 Å². The molecule has 1 N–H and O–H groups in total. The zero-order valence-corrected chi connectivity index (χ0v) is 11.1. The van der Waals surface area contributed by atoms with E-state index < -0.39 is 0 Å². The van der Waals surface area contributed by atoms with Gasteiger partial charge in [0.25, 0.3) is 0 Å². The molecule has 0 radical (unpaired) electrons. The number of carbonyl (C=O) groups is 1. The molecule has 1 heterocycles. The molecule has 0 aromatic heterocycles. The van der Waals surface area contributed by atoms with E-state index in [1.807, 2.05) is 4.90 Å². The highest BCUT2D eigenvalue weighted by Gasteiger charge is 2.15. The van der Waals surface area contributed by atoms with Crippen molar-refractivity contribution in [2.45, 2.75) is 45.4 Å². The highest BCUT2D eigenvalue weighted by Crippen LogP contribution is 2.12. The summed E-state index contributed by atoms with van der Waals surface area (Å²) in [5, 5.41) is 3.33. The predicted molar refractivity (Wildman–Crippen MR) is 72.0 cm³/mol. The smallest absolute Gasteiger partial charge is 0.222 e. The van der Waals surface area contributed by atoms with Gasteiger partial charge in [0.05, 0.1) is 0 Å². The van der Waals surface area contributed by atoms with E-state index >= 15 is 0 Å². The van der Waals surface area contributed by atoms with Crippen LogP contribution in [0.15, 0.2) is 12.2 Å². The van der Waals surface area contributed by atoms with Crippen molar-refractivity contribution in [3.8, 4) is 0 Å². The Morgan fingerprint density at radius 2 is 2.12 bits per heavy atom. The van der Waals surface area contributed by atoms with Crippen molar-refractivity contribution in [1.29, 1.82) is 0 Å². The third-order valence-corrected chi connectivity index (χ3v) is 3.14. The minimum absolute atomic E-state index is 0.307. The van der Waals surface area contributed by atoms with Gasteiger partial charge in [-0.2, -0.15) is 0 Å². The van der Waals surface area contributed by atoms with Crippen molar-refractivity contribution in [2.24, 2.45) is 0 Å². The highest BCUT2D eigenvalue weighted by molar-refractivity contribution is 5.76. The van der Waals surface area contributed by atoms with E-state index in [0.29, 0.717) is 5.91 Å². The fourth-order valence-corrected chi connectivity index (χ4v) is 2.15. The zero-order valence-electron chi connectivity index (χ0n) is 11.1. The molecule has 1 saturated heterocycles. The lowest BCUT2D eigenvalue weighted by Crippen LogP contribution is -2.36. The van der Waals surface area contributed by atoms with Gasteiger partial charge in [-0.1, -0.05) is 26.3 Å². The van der Waals surface area contributed by atoms with Crippen LogP contribution in [0.25, 0.3) is 0 Å². The first-order valence-corrected chi connectivity index (χ1v) is 6.89. The molecule has 0 saturated carbocycles. The first kappa shape index (κ1) is 14.2. The first-order chi connectivity index (χ1) is 8.24. The third-order valence-electron chi connectivity index (χ3n) is 3.14. The average molecular weight is 238 g/mol. The molecule has 17 heavy (non-hydrogen) atoms. The number of hydrogen-bond acceptors (Lipinski definition) is 2. The number of carbonyl (C=O) groups excluding carboxylic acids is 1. The largest absolute Gasteiger partial charge is 0.339 e. The first-order valence-electron chi connectivity index (χ1n) is 6.89. The van der Waals surface area contributed by atoms with Gasteiger partial charge in [0, 0.05) is 26.1 Å². The van der Waals surface area contributed by atoms with E-state index in [2.05, 4.69) is 18.8 Å². The molecule has 0 unspecified atom stereocenters. The molecule has 1 aliphatic rings. The topological polar surface area (TPSA) is 32.3 Å². The second kappa shape index (κ2) is 8.29. The van der Waals surface area contributed by atoms with Crippen molar-refractivity contribution in [1.82, 2.24) is 10.2 Å². The molecule has 0 bridgehead atoms. The minimum Gasteiger partial charge on any atom is -0.339 e. The Bertz CT molecular complexity index is 251. The monoisotopic (exact) mass is 238 g/mol. The van der Waals surface area contributed by atoms with Gasteiger partial charge < -0.3 is 10.2 Å². The summed E-state index contributed by atoms with van der Waals surface area (Å²) in [5.74, 6) is 0.307. The minimum atomic E-state index is 0.307. The third kappa shape index (κ3) is 5.87. The molecular formula is C14H26N2O. The van der Waals surface area contributed by atoms with Crippen LogP contribution in [0, 0.1) is 0 Å². The lowest BCUT2D eigenvalue weighted by molar-refractivity contribution is -0.131. The van der Waals surface area contributed by atoms with Crippen LogP contribution in [-0.2, 0) is 4.79 Å². The average Bonchev–Trinajstić information content (AvgIpc) is 2.29. The molecule has 0 spiro atoms. The zero-order chi connectivity index (χ0) is 12.5. The summed E-state index contributed by atoms with van der Waals surface area (Å²) in [6.45, 7) is 9.69. The Morgan fingerprint density at radius 1 is 1.35 bits per heavy atom. The van der Waals surface area contributed by atoms with Crippen LogP contribution < -0.4 is 5.32 Å². The summed E-state index contributed by atoms with van der Waals surface area (Å²) in [4.78, 5) is 13.9. The van der Waals surface area contributed by atoms with Crippen molar-refractivity contribution in [3.63, 3.8) is 0 Å². The summed E-state index contributed by atoms with van der Waals surface area (Å²) in [5.41, 5.74) is 1.12. The van der Waals surface area contributed by atoms with Gasteiger partial charge in [-0.05, 0) is 31.4 Å². The fraction of sp³-hybridized carbons (Fsp3) is 0.786. The predicted octanol–water partition coefficient (Wildman–Crippen LogP) is 2.33. The van der Waals surface area contributed by atoms with Gasteiger partial charge in [-0.15, -0.1) is 0 Å². The van der Waals surface area contributed by atoms with Crippen molar-refractivity contribution >= 4 is 5.91 Å². The number of hydrogen-bond donors (Lipinski definition) is 1. The Morgan fingerprint density at radius 3 is 2.88 bits per heavy atom. The van der Waals surface area contributed by atoms with Crippen molar-refractivity contribution in [3.05, 3.63) is 12.2 Å². The number of likely N-dealkylation sites (tertiary alicyclic amines) is 1. The molecule has 0 aromatic carbocycles. The maximum absolute atomic E-state index is 11.9. The van der Waals surface area contributed by atoms with Gasteiger partial charge in [-0.25, -0.2) is 0 Å². The molecule has 1 amide bonds. The van der Waals surface area contributed by atoms with E-state index in [0.717, 1.165) is 57.4 Å². The highest BCUT2D eigenvalue weighted by atomic mass is 16.2. The maximum atomic E-state index is 11.9. The molecule has 1 aliphatic heterocycles. The van der Waals surface area contributed by atoms with Crippen molar-refractivity contribution in [2.75, 3.05) is 26.2 Å². The Balaban J connectivity index is 2.30. The normalized spacial score (nSPS) is 17.7. The molecule has 98 valence electrons. The van der Waals surface area contributed by atoms with E-state index in [1.165, 1.54) is 12.8 Å². The van der Waals surface area contributed by atoms with E-state index in [1.54, 1.807) is 0 Å². The van der Waals surface area contributed by atoms with Crippen LogP contribution >= 0.6 is 0 Å². The van der Waals surface area contributed by atoms with Gasteiger partial charge in [0.1, 0.15) is 0 Å². The van der Waals surface area contributed by atoms with E-state index in [4.69, 9.17) is 0 Å². The molecule has 1 rings (SSSR count). The molecule has 0 atom stereocenters. The number of nitrogens with one attached hydrogen (secondary N) is 1. The summed E-state index contributed by atoms with van der Waals surface area (Å²) in [6, 6.07) is 0. The summed E-state index contributed by atoms with van der Waals surface area (Å²) >= 11 is 0. The van der Waals surface area contributed by atoms with E-state index in [-0.39, 0.29) is 0 Å². The van der Waals surface area contributed by atoms with Gasteiger partial charge in [-0.3, -0.25) is 4.79 Å². The van der Waals surface area contributed by atoms with Gasteiger partial charge >= 0.3 is 0 Å². The molecule has 0 aliphatic carbocycles. The summed E-state index contributed by atoms with van der Waals surface area (Å²) < 4.78 is 0. The maximum Gasteiger partial charge on any atom is 0.222 e. The Kier molecular flexibility index (Phi) is 6.94. The molecule has 3 nitrogen and oxygen atoms in total. The molecule has 3 heteroatoms. The number of amides is 1. The summed E-state index contributed by atoms with van der Waals surface area (Å²) in [6.07, 6.45) is 6.51. The second-order valence-electron chi connectivity index (χ2n) is 4.91. The Hall–Kier alpha value is -0.830. The molecular weight excluding hydrogens is 212 g/mol. The Labute approximate surface area is 105 Å². The quantitative estimate of drug-likeness (QED) is 0.569. The lowest BCUT2D eigenvalue weighted by atomic mass is 10.1. The summed E-state index contributed by atoms with van der Waals surface area (Å²) in [7, 11) is 0. The van der Waals surface area contributed by atoms with Crippen LogP contribution in [0.4, 0.5) is 0 Å².